The van der Waals surface area contributed by atoms with E-state index >= 15 is 0 Å². The molecular formula is C19H20FN. The molecule has 0 aliphatic carbocycles. The standard InChI is InChI=1S/C19H20FN/c1-14-18(16-7-9-17(20)10-8-16)11-12-21-19(14)13-15-5-3-2-4-6-15/h2-11,14,19,21H,12-13H2,1H3. The van der Waals surface area contributed by atoms with Crippen LogP contribution in [0, 0.1) is 11.7 Å². The first-order valence-corrected chi connectivity index (χ1v) is 7.47. The molecule has 108 valence electrons. The van der Waals surface area contributed by atoms with Gasteiger partial charge in [0, 0.05) is 12.6 Å². The molecule has 21 heavy (non-hydrogen) atoms. The minimum atomic E-state index is -0.179. The van der Waals surface area contributed by atoms with Crippen molar-refractivity contribution in [3.63, 3.8) is 0 Å². The number of nitrogens with one attached hydrogen (secondary N) is 1. The van der Waals surface area contributed by atoms with E-state index in [1.807, 2.05) is 18.2 Å². The molecule has 0 aromatic heterocycles. The van der Waals surface area contributed by atoms with E-state index in [4.69, 9.17) is 0 Å². The summed E-state index contributed by atoms with van der Waals surface area (Å²) in [5.41, 5.74) is 3.79. The van der Waals surface area contributed by atoms with Crippen LogP contribution >= 0.6 is 0 Å². The van der Waals surface area contributed by atoms with Crippen LogP contribution in [0.1, 0.15) is 18.1 Å². The molecule has 0 amide bonds. The van der Waals surface area contributed by atoms with Crippen molar-refractivity contribution in [2.24, 2.45) is 5.92 Å². The molecule has 0 fully saturated rings. The Morgan fingerprint density at radius 3 is 2.48 bits per heavy atom. The highest BCUT2D eigenvalue weighted by atomic mass is 19.1. The third kappa shape index (κ3) is 3.22. The van der Waals surface area contributed by atoms with Crippen molar-refractivity contribution in [1.82, 2.24) is 5.32 Å². The minimum Gasteiger partial charge on any atom is -0.310 e. The number of halogens is 1. The summed E-state index contributed by atoms with van der Waals surface area (Å²) in [6.45, 7) is 3.11. The van der Waals surface area contributed by atoms with Crippen LogP contribution < -0.4 is 5.32 Å². The van der Waals surface area contributed by atoms with Gasteiger partial charge in [0.05, 0.1) is 0 Å². The highest BCUT2D eigenvalue weighted by molar-refractivity contribution is 5.68. The Morgan fingerprint density at radius 1 is 1.05 bits per heavy atom. The quantitative estimate of drug-likeness (QED) is 0.894. The second-order valence-corrected chi connectivity index (χ2v) is 5.66. The van der Waals surface area contributed by atoms with Crippen LogP contribution in [0.4, 0.5) is 4.39 Å². The monoisotopic (exact) mass is 281 g/mol. The Labute approximate surface area is 125 Å². The summed E-state index contributed by atoms with van der Waals surface area (Å²) in [5, 5.41) is 3.58. The minimum absolute atomic E-state index is 0.179. The maximum Gasteiger partial charge on any atom is 0.123 e. The van der Waals surface area contributed by atoms with Gasteiger partial charge in [-0.25, -0.2) is 4.39 Å². The van der Waals surface area contributed by atoms with Crippen molar-refractivity contribution in [2.75, 3.05) is 6.54 Å². The van der Waals surface area contributed by atoms with Gasteiger partial charge in [-0.15, -0.1) is 0 Å². The first-order chi connectivity index (χ1) is 10.2. The maximum atomic E-state index is 13.1. The predicted molar refractivity (Wildman–Crippen MR) is 85.5 cm³/mol. The molecular weight excluding hydrogens is 261 g/mol. The van der Waals surface area contributed by atoms with E-state index in [-0.39, 0.29) is 5.82 Å². The van der Waals surface area contributed by atoms with E-state index in [0.717, 1.165) is 18.5 Å². The van der Waals surface area contributed by atoms with Gasteiger partial charge in [0.1, 0.15) is 5.82 Å². The van der Waals surface area contributed by atoms with Crippen molar-refractivity contribution in [1.29, 1.82) is 0 Å². The number of benzene rings is 2. The summed E-state index contributed by atoms with van der Waals surface area (Å²) in [6, 6.07) is 17.8. The number of hydrogen-bond donors (Lipinski definition) is 1. The first kappa shape index (κ1) is 14.0. The molecule has 2 atom stereocenters. The van der Waals surface area contributed by atoms with Crippen LogP contribution in [0.3, 0.4) is 0 Å². The molecule has 1 nitrogen and oxygen atoms in total. The zero-order chi connectivity index (χ0) is 14.7. The molecule has 0 saturated carbocycles. The molecule has 1 aliphatic heterocycles. The van der Waals surface area contributed by atoms with Crippen LogP contribution in [0.5, 0.6) is 0 Å². The molecule has 3 rings (SSSR count). The van der Waals surface area contributed by atoms with E-state index < -0.39 is 0 Å². The van der Waals surface area contributed by atoms with Gasteiger partial charge in [-0.3, -0.25) is 0 Å². The summed E-state index contributed by atoms with van der Waals surface area (Å²) in [5.74, 6) is 0.228. The fraction of sp³-hybridized carbons (Fsp3) is 0.263. The van der Waals surface area contributed by atoms with Gasteiger partial charge in [0.25, 0.3) is 0 Å². The van der Waals surface area contributed by atoms with Gasteiger partial charge < -0.3 is 5.32 Å². The Kier molecular flexibility index (Phi) is 4.16. The lowest BCUT2D eigenvalue weighted by Crippen LogP contribution is -2.40. The van der Waals surface area contributed by atoms with E-state index in [9.17, 15) is 4.39 Å². The van der Waals surface area contributed by atoms with E-state index in [1.165, 1.54) is 23.3 Å². The van der Waals surface area contributed by atoms with Crippen molar-refractivity contribution >= 4 is 5.57 Å². The highest BCUT2D eigenvalue weighted by Crippen LogP contribution is 2.29. The molecule has 0 saturated heterocycles. The van der Waals surface area contributed by atoms with Crippen molar-refractivity contribution in [2.45, 2.75) is 19.4 Å². The van der Waals surface area contributed by atoms with Crippen molar-refractivity contribution < 1.29 is 4.39 Å². The molecule has 0 radical (unpaired) electrons. The van der Waals surface area contributed by atoms with Crippen LogP contribution in [0.2, 0.25) is 0 Å². The Hall–Kier alpha value is -1.93. The summed E-state index contributed by atoms with van der Waals surface area (Å²) in [6.07, 6.45) is 3.24. The molecule has 2 aromatic rings. The summed E-state index contributed by atoms with van der Waals surface area (Å²) in [4.78, 5) is 0. The van der Waals surface area contributed by atoms with Gasteiger partial charge in [-0.1, -0.05) is 55.5 Å². The lowest BCUT2D eigenvalue weighted by atomic mass is 9.83. The Balaban J connectivity index is 1.78. The fourth-order valence-corrected chi connectivity index (χ4v) is 3.04. The molecule has 2 aromatic carbocycles. The second kappa shape index (κ2) is 6.23. The van der Waals surface area contributed by atoms with Crippen molar-refractivity contribution in [3.8, 4) is 0 Å². The fourth-order valence-electron chi connectivity index (χ4n) is 3.04. The van der Waals surface area contributed by atoms with Crippen LogP contribution in [0.15, 0.2) is 60.7 Å². The average molecular weight is 281 g/mol. The number of rotatable bonds is 3. The summed E-state index contributed by atoms with van der Waals surface area (Å²) in [7, 11) is 0. The maximum absolute atomic E-state index is 13.1. The number of hydrogen-bond acceptors (Lipinski definition) is 1. The predicted octanol–water partition coefficient (Wildman–Crippen LogP) is 4.06. The highest BCUT2D eigenvalue weighted by Gasteiger charge is 2.24. The van der Waals surface area contributed by atoms with E-state index in [0.29, 0.717) is 12.0 Å². The topological polar surface area (TPSA) is 12.0 Å². The first-order valence-electron chi connectivity index (χ1n) is 7.47. The largest absolute Gasteiger partial charge is 0.310 e. The molecule has 0 spiro atoms. The Bertz CT molecular complexity index is 616. The third-order valence-electron chi connectivity index (χ3n) is 4.27. The zero-order valence-corrected chi connectivity index (χ0v) is 12.2. The summed E-state index contributed by atoms with van der Waals surface area (Å²) >= 11 is 0. The molecule has 2 heteroatoms. The third-order valence-corrected chi connectivity index (χ3v) is 4.27. The second-order valence-electron chi connectivity index (χ2n) is 5.66. The molecule has 2 unspecified atom stereocenters. The smallest absolute Gasteiger partial charge is 0.123 e. The van der Waals surface area contributed by atoms with Gasteiger partial charge in [0.15, 0.2) is 0 Å². The molecule has 1 N–H and O–H groups in total. The molecule has 1 aliphatic rings. The van der Waals surface area contributed by atoms with Crippen LogP contribution in [-0.4, -0.2) is 12.6 Å². The van der Waals surface area contributed by atoms with Crippen LogP contribution in [0.25, 0.3) is 5.57 Å². The van der Waals surface area contributed by atoms with E-state index in [1.54, 1.807) is 0 Å². The van der Waals surface area contributed by atoms with Gasteiger partial charge in [0.2, 0.25) is 0 Å². The van der Waals surface area contributed by atoms with Crippen LogP contribution in [-0.2, 0) is 6.42 Å². The zero-order valence-electron chi connectivity index (χ0n) is 12.2. The van der Waals surface area contributed by atoms with Crippen molar-refractivity contribution in [3.05, 3.63) is 77.6 Å². The molecule has 0 bridgehead atoms. The molecule has 1 heterocycles. The van der Waals surface area contributed by atoms with E-state index in [2.05, 4.69) is 42.6 Å². The van der Waals surface area contributed by atoms with Gasteiger partial charge in [-0.05, 0) is 41.2 Å². The summed E-state index contributed by atoms with van der Waals surface area (Å²) < 4.78 is 13.1. The normalized spacial score (nSPS) is 21.9. The average Bonchev–Trinajstić information content (AvgIpc) is 2.52. The SMILES string of the molecule is CC1C(c2ccc(F)cc2)=CCNC1Cc1ccccc1. The lowest BCUT2D eigenvalue weighted by molar-refractivity contribution is 0.439. The lowest BCUT2D eigenvalue weighted by Gasteiger charge is -2.31. The van der Waals surface area contributed by atoms with Gasteiger partial charge >= 0.3 is 0 Å². The Morgan fingerprint density at radius 2 is 1.76 bits per heavy atom. The van der Waals surface area contributed by atoms with Gasteiger partial charge in [-0.2, -0.15) is 0 Å².